The van der Waals surface area contributed by atoms with E-state index >= 15 is 0 Å². The topological polar surface area (TPSA) is 32.8 Å². The summed E-state index contributed by atoms with van der Waals surface area (Å²) in [7, 11) is 0. The molecule has 24 heavy (non-hydrogen) atoms. The molecule has 0 aromatic heterocycles. The molecule has 0 unspecified atom stereocenters. The van der Waals surface area contributed by atoms with Crippen molar-refractivity contribution in [3.05, 3.63) is 33.8 Å². The lowest BCUT2D eigenvalue weighted by atomic mass is 9.96. The number of rotatable bonds is 2. The van der Waals surface area contributed by atoms with Gasteiger partial charge in [0.25, 0.3) is 0 Å². The molecule has 4 nitrogen and oxygen atoms in total. The van der Waals surface area contributed by atoms with Crippen molar-refractivity contribution in [2.24, 2.45) is 5.92 Å². The van der Waals surface area contributed by atoms with Gasteiger partial charge in [0.2, 0.25) is 0 Å². The predicted octanol–water partition coefficient (Wildman–Crippen LogP) is 4.41. The first-order chi connectivity index (χ1) is 11.3. The van der Waals surface area contributed by atoms with Gasteiger partial charge < -0.3 is 9.64 Å². The SMILES string of the molecule is CC(C)(C)OC(=O)N1CCC(CN2Cc3ccc(Br)cc3C2)CC1. The Balaban J connectivity index is 1.46. The van der Waals surface area contributed by atoms with Gasteiger partial charge >= 0.3 is 6.09 Å². The highest BCUT2D eigenvalue weighted by molar-refractivity contribution is 9.10. The summed E-state index contributed by atoms with van der Waals surface area (Å²) in [6, 6.07) is 6.59. The molecule has 3 rings (SSSR count). The van der Waals surface area contributed by atoms with Crippen molar-refractivity contribution in [1.29, 1.82) is 0 Å². The first kappa shape index (κ1) is 17.7. The maximum atomic E-state index is 12.1. The van der Waals surface area contributed by atoms with E-state index in [1.165, 1.54) is 11.1 Å². The minimum absolute atomic E-state index is 0.167. The summed E-state index contributed by atoms with van der Waals surface area (Å²) in [5.74, 6) is 0.668. The van der Waals surface area contributed by atoms with Crippen LogP contribution in [0.4, 0.5) is 4.79 Å². The van der Waals surface area contributed by atoms with Crippen LogP contribution in [0.25, 0.3) is 0 Å². The molecule has 2 heterocycles. The number of halogens is 1. The molecule has 2 aliphatic rings. The second-order valence-corrected chi connectivity index (χ2v) is 8.91. The number of piperidine rings is 1. The molecule has 132 valence electrons. The lowest BCUT2D eigenvalue weighted by Gasteiger charge is -2.34. The fraction of sp³-hybridized carbons (Fsp3) is 0.632. The molecule has 1 amide bonds. The third-order valence-corrected chi connectivity index (χ3v) is 5.23. The van der Waals surface area contributed by atoms with Gasteiger partial charge in [-0.25, -0.2) is 4.79 Å². The van der Waals surface area contributed by atoms with Gasteiger partial charge in [-0.2, -0.15) is 0 Å². The van der Waals surface area contributed by atoms with E-state index in [1.54, 1.807) is 0 Å². The van der Waals surface area contributed by atoms with E-state index in [4.69, 9.17) is 4.74 Å². The first-order valence-electron chi connectivity index (χ1n) is 8.78. The monoisotopic (exact) mass is 394 g/mol. The summed E-state index contributed by atoms with van der Waals surface area (Å²) < 4.78 is 6.63. The van der Waals surface area contributed by atoms with Crippen LogP contribution < -0.4 is 0 Å². The summed E-state index contributed by atoms with van der Waals surface area (Å²) in [6.07, 6.45) is 1.96. The molecule has 1 aromatic rings. The molecule has 0 saturated carbocycles. The Hall–Kier alpha value is -1.07. The number of carbonyl (C=O) groups excluding carboxylic acids is 1. The van der Waals surface area contributed by atoms with E-state index in [9.17, 15) is 4.79 Å². The van der Waals surface area contributed by atoms with Crippen LogP contribution in [0.5, 0.6) is 0 Å². The average molecular weight is 395 g/mol. The molecule has 0 radical (unpaired) electrons. The molecule has 0 atom stereocenters. The maximum absolute atomic E-state index is 12.1. The molecule has 0 aliphatic carbocycles. The van der Waals surface area contributed by atoms with Crippen LogP contribution in [-0.2, 0) is 17.8 Å². The second-order valence-electron chi connectivity index (χ2n) is 7.99. The molecule has 0 N–H and O–H groups in total. The predicted molar refractivity (Wildman–Crippen MR) is 98.8 cm³/mol. The normalized spacial score (nSPS) is 19.4. The van der Waals surface area contributed by atoms with E-state index in [1.807, 2.05) is 25.7 Å². The quantitative estimate of drug-likeness (QED) is 0.744. The van der Waals surface area contributed by atoms with Crippen molar-refractivity contribution < 1.29 is 9.53 Å². The Morgan fingerprint density at radius 3 is 2.54 bits per heavy atom. The van der Waals surface area contributed by atoms with Gasteiger partial charge in [0.1, 0.15) is 5.60 Å². The molecule has 5 heteroatoms. The molecule has 2 aliphatic heterocycles. The van der Waals surface area contributed by atoms with E-state index < -0.39 is 5.60 Å². The van der Waals surface area contributed by atoms with Gasteiger partial charge in [-0.15, -0.1) is 0 Å². The van der Waals surface area contributed by atoms with Crippen molar-refractivity contribution >= 4 is 22.0 Å². The highest BCUT2D eigenvalue weighted by Gasteiger charge is 2.29. The summed E-state index contributed by atoms with van der Waals surface area (Å²) in [5, 5.41) is 0. The van der Waals surface area contributed by atoms with Crippen LogP contribution in [0.2, 0.25) is 0 Å². The highest BCUT2D eigenvalue weighted by atomic mass is 79.9. The van der Waals surface area contributed by atoms with Crippen LogP contribution >= 0.6 is 15.9 Å². The van der Waals surface area contributed by atoms with Crippen molar-refractivity contribution in [2.75, 3.05) is 19.6 Å². The largest absolute Gasteiger partial charge is 0.444 e. The number of nitrogens with zero attached hydrogens (tertiary/aromatic N) is 2. The van der Waals surface area contributed by atoms with E-state index in [-0.39, 0.29) is 6.09 Å². The summed E-state index contributed by atoms with van der Waals surface area (Å²) in [5.41, 5.74) is 2.48. The molecule has 1 aromatic carbocycles. The van der Waals surface area contributed by atoms with Crippen LogP contribution in [-0.4, -0.2) is 41.1 Å². The Labute approximate surface area is 153 Å². The number of ether oxygens (including phenoxy) is 1. The summed E-state index contributed by atoms with van der Waals surface area (Å²) >= 11 is 3.56. The number of fused-ring (bicyclic) bond motifs is 1. The van der Waals surface area contributed by atoms with Gasteiger partial charge in [0, 0.05) is 37.2 Å². The smallest absolute Gasteiger partial charge is 0.410 e. The molecular formula is C19H27BrN2O2. The van der Waals surface area contributed by atoms with Crippen LogP contribution in [0.15, 0.2) is 22.7 Å². The third kappa shape index (κ3) is 4.51. The number of carbonyl (C=O) groups is 1. The standard InChI is InChI=1S/C19H27BrN2O2/c1-19(2,3)24-18(23)22-8-6-14(7-9-22)11-21-12-15-4-5-17(20)10-16(15)13-21/h4-5,10,14H,6-9,11-13H2,1-3H3. The van der Waals surface area contributed by atoms with Crippen LogP contribution in [0, 0.1) is 5.92 Å². The van der Waals surface area contributed by atoms with Gasteiger partial charge in [-0.3, -0.25) is 4.90 Å². The van der Waals surface area contributed by atoms with Crippen LogP contribution in [0.3, 0.4) is 0 Å². The fourth-order valence-electron chi connectivity index (χ4n) is 3.55. The molecule has 0 spiro atoms. The summed E-state index contributed by atoms with van der Waals surface area (Å²) in [6.45, 7) is 10.6. The minimum Gasteiger partial charge on any atom is -0.444 e. The van der Waals surface area contributed by atoms with Crippen molar-refractivity contribution in [1.82, 2.24) is 9.80 Å². The molecular weight excluding hydrogens is 368 g/mol. The van der Waals surface area contributed by atoms with E-state index in [0.717, 1.165) is 50.0 Å². The first-order valence-corrected chi connectivity index (χ1v) is 9.57. The van der Waals surface area contributed by atoms with E-state index in [2.05, 4.69) is 39.0 Å². The summed E-state index contributed by atoms with van der Waals surface area (Å²) in [4.78, 5) is 16.5. The second kappa shape index (κ2) is 7.04. The van der Waals surface area contributed by atoms with Gasteiger partial charge in [0.15, 0.2) is 0 Å². The van der Waals surface area contributed by atoms with Crippen molar-refractivity contribution in [2.45, 2.75) is 52.3 Å². The minimum atomic E-state index is -0.413. The molecule has 1 saturated heterocycles. The Bertz CT molecular complexity index is 604. The zero-order chi connectivity index (χ0) is 17.3. The Morgan fingerprint density at radius 1 is 1.21 bits per heavy atom. The van der Waals surface area contributed by atoms with Crippen LogP contribution in [0.1, 0.15) is 44.7 Å². The highest BCUT2D eigenvalue weighted by Crippen LogP contribution is 2.28. The van der Waals surface area contributed by atoms with Gasteiger partial charge in [-0.1, -0.05) is 22.0 Å². The maximum Gasteiger partial charge on any atom is 0.410 e. The number of hydrogen-bond donors (Lipinski definition) is 0. The lowest BCUT2D eigenvalue weighted by Crippen LogP contribution is -2.43. The Kier molecular flexibility index (Phi) is 5.21. The number of benzene rings is 1. The van der Waals surface area contributed by atoms with Gasteiger partial charge in [-0.05, 0) is 62.8 Å². The third-order valence-electron chi connectivity index (χ3n) is 4.74. The zero-order valence-electron chi connectivity index (χ0n) is 14.8. The van der Waals surface area contributed by atoms with E-state index in [0.29, 0.717) is 5.92 Å². The van der Waals surface area contributed by atoms with Crippen molar-refractivity contribution in [3.8, 4) is 0 Å². The Morgan fingerprint density at radius 2 is 1.88 bits per heavy atom. The zero-order valence-corrected chi connectivity index (χ0v) is 16.4. The average Bonchev–Trinajstić information content (AvgIpc) is 2.87. The van der Waals surface area contributed by atoms with Crippen molar-refractivity contribution in [3.63, 3.8) is 0 Å². The molecule has 0 bridgehead atoms. The number of hydrogen-bond acceptors (Lipinski definition) is 3. The lowest BCUT2D eigenvalue weighted by molar-refractivity contribution is 0.0169. The van der Waals surface area contributed by atoms with Gasteiger partial charge in [0.05, 0.1) is 0 Å². The number of amides is 1. The fourth-order valence-corrected chi connectivity index (χ4v) is 3.96. The molecule has 1 fully saturated rings. The number of likely N-dealkylation sites (tertiary alicyclic amines) is 1.